The van der Waals surface area contributed by atoms with Crippen molar-refractivity contribution in [3.05, 3.63) is 35.9 Å². The van der Waals surface area contributed by atoms with Crippen molar-refractivity contribution in [2.24, 2.45) is 17.6 Å². The van der Waals surface area contributed by atoms with Crippen molar-refractivity contribution >= 4 is 24.4 Å². The maximum Gasteiger partial charge on any atom is 0.243 e. The molecule has 0 aliphatic heterocycles. The minimum atomic E-state index is -0.726. The Balaban J connectivity index is 2.53. The van der Waals surface area contributed by atoms with Crippen LogP contribution in [0.15, 0.2) is 30.3 Å². The van der Waals surface area contributed by atoms with Gasteiger partial charge in [-0.2, -0.15) is 12.6 Å². The Bertz CT molecular complexity index is 463. The third-order valence-corrected chi connectivity index (χ3v) is 3.67. The van der Waals surface area contributed by atoms with E-state index in [1.165, 1.54) is 0 Å². The summed E-state index contributed by atoms with van der Waals surface area (Å²) in [6.45, 7) is 4.07. The van der Waals surface area contributed by atoms with Gasteiger partial charge in [-0.15, -0.1) is 0 Å². The van der Waals surface area contributed by atoms with E-state index >= 15 is 0 Å². The molecule has 2 amide bonds. The highest BCUT2D eigenvalue weighted by molar-refractivity contribution is 7.80. The van der Waals surface area contributed by atoms with Crippen molar-refractivity contribution < 1.29 is 9.59 Å². The number of hydrogen-bond acceptors (Lipinski definition) is 4. The SMILES string of the molecule is CC(C)C[C@@H](CS)C(=O)NC(=O)[C@@H](N)Cc1ccccc1. The number of hydrogen-bond donors (Lipinski definition) is 3. The summed E-state index contributed by atoms with van der Waals surface area (Å²) in [6.07, 6.45) is 1.12. The highest BCUT2D eigenvalue weighted by Gasteiger charge is 2.23. The van der Waals surface area contributed by atoms with Gasteiger partial charge in [-0.3, -0.25) is 14.9 Å². The molecule has 1 rings (SSSR count). The summed E-state index contributed by atoms with van der Waals surface area (Å²) in [5.41, 5.74) is 6.83. The summed E-state index contributed by atoms with van der Waals surface area (Å²) in [4.78, 5) is 24.0. The highest BCUT2D eigenvalue weighted by atomic mass is 32.1. The van der Waals surface area contributed by atoms with Crippen LogP contribution in [0.25, 0.3) is 0 Å². The zero-order chi connectivity index (χ0) is 15.8. The molecule has 0 fully saturated rings. The molecule has 0 saturated carbocycles. The number of rotatable bonds is 7. The van der Waals surface area contributed by atoms with Crippen LogP contribution in [0.3, 0.4) is 0 Å². The van der Waals surface area contributed by atoms with Crippen LogP contribution >= 0.6 is 12.6 Å². The van der Waals surface area contributed by atoms with Gasteiger partial charge in [-0.05, 0) is 24.3 Å². The lowest BCUT2D eigenvalue weighted by molar-refractivity contribution is -0.133. The number of benzene rings is 1. The van der Waals surface area contributed by atoms with Crippen LogP contribution in [0.1, 0.15) is 25.8 Å². The van der Waals surface area contributed by atoms with Crippen LogP contribution in [0.4, 0.5) is 0 Å². The van der Waals surface area contributed by atoms with E-state index in [2.05, 4.69) is 17.9 Å². The molecule has 5 heteroatoms. The van der Waals surface area contributed by atoms with Gasteiger partial charge in [0, 0.05) is 11.7 Å². The van der Waals surface area contributed by atoms with Gasteiger partial charge < -0.3 is 5.73 Å². The minimum absolute atomic E-state index is 0.263. The zero-order valence-corrected chi connectivity index (χ0v) is 13.5. The smallest absolute Gasteiger partial charge is 0.243 e. The Hall–Kier alpha value is -1.33. The molecule has 2 atom stereocenters. The summed E-state index contributed by atoms with van der Waals surface area (Å²) >= 11 is 4.18. The molecule has 1 aromatic rings. The Morgan fingerprint density at radius 1 is 1.19 bits per heavy atom. The average Bonchev–Trinajstić information content (AvgIpc) is 2.45. The average molecular weight is 308 g/mol. The first kappa shape index (κ1) is 17.7. The van der Waals surface area contributed by atoms with Gasteiger partial charge in [-0.1, -0.05) is 44.2 Å². The number of nitrogens with one attached hydrogen (secondary N) is 1. The predicted octanol–water partition coefficient (Wildman–Crippen LogP) is 1.79. The third kappa shape index (κ3) is 6.31. The number of imide groups is 1. The lowest BCUT2D eigenvalue weighted by Crippen LogP contribution is -2.47. The third-order valence-electron chi connectivity index (χ3n) is 3.23. The number of thiol groups is 1. The first-order valence-corrected chi connectivity index (χ1v) is 7.82. The van der Waals surface area contributed by atoms with Gasteiger partial charge in [-0.25, -0.2) is 0 Å². The van der Waals surface area contributed by atoms with Gasteiger partial charge >= 0.3 is 0 Å². The molecule has 0 heterocycles. The maximum absolute atomic E-state index is 12.0. The lowest BCUT2D eigenvalue weighted by Gasteiger charge is -2.17. The zero-order valence-electron chi connectivity index (χ0n) is 12.6. The normalized spacial score (nSPS) is 13.8. The second kappa shape index (κ2) is 8.85. The molecule has 0 aromatic heterocycles. The summed E-state index contributed by atoms with van der Waals surface area (Å²) in [6, 6.07) is 8.78. The topological polar surface area (TPSA) is 72.2 Å². The van der Waals surface area contributed by atoms with Crippen molar-refractivity contribution in [1.82, 2.24) is 5.32 Å². The van der Waals surface area contributed by atoms with Crippen molar-refractivity contribution in [2.45, 2.75) is 32.7 Å². The van der Waals surface area contributed by atoms with Crippen LogP contribution in [0.5, 0.6) is 0 Å². The van der Waals surface area contributed by atoms with Gasteiger partial charge in [0.2, 0.25) is 11.8 Å². The van der Waals surface area contributed by atoms with Crippen molar-refractivity contribution in [3.63, 3.8) is 0 Å². The molecule has 0 spiro atoms. The lowest BCUT2D eigenvalue weighted by atomic mass is 9.97. The number of carbonyl (C=O) groups is 2. The van der Waals surface area contributed by atoms with Gasteiger partial charge in [0.25, 0.3) is 0 Å². The van der Waals surface area contributed by atoms with E-state index in [4.69, 9.17) is 5.73 Å². The molecular weight excluding hydrogens is 284 g/mol. The Labute approximate surface area is 131 Å². The predicted molar refractivity (Wildman–Crippen MR) is 88.1 cm³/mol. The van der Waals surface area contributed by atoms with Crippen LogP contribution in [-0.2, 0) is 16.0 Å². The minimum Gasteiger partial charge on any atom is -0.320 e. The molecule has 1 aromatic carbocycles. The van der Waals surface area contributed by atoms with E-state index in [1.54, 1.807) is 0 Å². The quantitative estimate of drug-likeness (QED) is 0.673. The molecule has 0 unspecified atom stereocenters. The van der Waals surface area contributed by atoms with Crippen LogP contribution in [0.2, 0.25) is 0 Å². The first-order valence-electron chi connectivity index (χ1n) is 7.19. The standard InChI is InChI=1S/C16H24N2O2S/c1-11(2)8-13(10-21)15(19)18-16(20)14(17)9-12-6-4-3-5-7-12/h3-7,11,13-14,21H,8-10,17H2,1-2H3,(H,18,19,20)/t13-,14-/m0/s1. The molecule has 0 saturated heterocycles. The monoisotopic (exact) mass is 308 g/mol. The molecule has 21 heavy (non-hydrogen) atoms. The molecular formula is C16H24N2O2S. The van der Waals surface area contributed by atoms with Crippen LogP contribution in [-0.4, -0.2) is 23.6 Å². The molecule has 0 aliphatic rings. The second-order valence-electron chi connectivity index (χ2n) is 5.66. The van der Waals surface area contributed by atoms with E-state index in [9.17, 15) is 9.59 Å². The summed E-state index contributed by atoms with van der Waals surface area (Å²) < 4.78 is 0. The number of carbonyl (C=O) groups excluding carboxylic acids is 2. The van der Waals surface area contributed by atoms with E-state index < -0.39 is 11.9 Å². The van der Waals surface area contributed by atoms with Crippen LogP contribution in [0, 0.1) is 11.8 Å². The van der Waals surface area contributed by atoms with Crippen molar-refractivity contribution in [1.29, 1.82) is 0 Å². The molecule has 0 radical (unpaired) electrons. The number of amides is 2. The summed E-state index contributed by atoms with van der Waals surface area (Å²) in [5.74, 6) is -0.181. The van der Waals surface area contributed by atoms with E-state index in [0.717, 1.165) is 5.56 Å². The van der Waals surface area contributed by atoms with E-state index in [0.29, 0.717) is 24.5 Å². The molecule has 0 aliphatic carbocycles. The summed E-state index contributed by atoms with van der Waals surface area (Å²) in [5, 5.41) is 2.40. The Morgan fingerprint density at radius 3 is 2.33 bits per heavy atom. The van der Waals surface area contributed by atoms with E-state index in [-0.39, 0.29) is 11.8 Å². The van der Waals surface area contributed by atoms with Crippen molar-refractivity contribution in [2.75, 3.05) is 5.75 Å². The second-order valence-corrected chi connectivity index (χ2v) is 6.02. The maximum atomic E-state index is 12.0. The van der Waals surface area contributed by atoms with Gasteiger partial charge in [0.15, 0.2) is 0 Å². The fourth-order valence-corrected chi connectivity index (χ4v) is 2.43. The molecule has 0 bridgehead atoms. The summed E-state index contributed by atoms with van der Waals surface area (Å²) in [7, 11) is 0. The molecule has 4 nitrogen and oxygen atoms in total. The Morgan fingerprint density at radius 2 is 1.81 bits per heavy atom. The fourth-order valence-electron chi connectivity index (χ4n) is 2.11. The van der Waals surface area contributed by atoms with E-state index in [1.807, 2.05) is 44.2 Å². The Kier molecular flexibility index (Phi) is 7.47. The first-order chi connectivity index (χ1) is 9.93. The fraction of sp³-hybridized carbons (Fsp3) is 0.500. The molecule has 116 valence electrons. The molecule has 3 N–H and O–H groups in total. The van der Waals surface area contributed by atoms with Crippen molar-refractivity contribution in [3.8, 4) is 0 Å². The largest absolute Gasteiger partial charge is 0.320 e. The van der Waals surface area contributed by atoms with Crippen LogP contribution < -0.4 is 11.1 Å². The highest BCUT2D eigenvalue weighted by Crippen LogP contribution is 2.13. The number of nitrogens with two attached hydrogens (primary N) is 1. The van der Waals surface area contributed by atoms with Gasteiger partial charge in [0.05, 0.1) is 6.04 Å². The van der Waals surface area contributed by atoms with Gasteiger partial charge in [0.1, 0.15) is 0 Å².